The Morgan fingerprint density at radius 2 is 0.143 bits per heavy atom. The third kappa shape index (κ3) is 468. The molecule has 0 aromatic rings. The van der Waals surface area contributed by atoms with E-state index >= 15 is 0 Å². The van der Waals surface area contributed by atoms with Crippen LogP contribution in [0.5, 0.6) is 0 Å². The van der Waals surface area contributed by atoms with Crippen molar-refractivity contribution in [2.75, 3.05) is 0 Å². The Kier molecular flexibility index (Phi) is 13900. The number of rotatable bonds is 0. The molecule has 0 rings (SSSR count). The fourth-order valence-electron chi connectivity index (χ4n) is 0. The van der Waals surface area contributed by atoms with E-state index < -0.39 is 0 Å². The van der Waals surface area contributed by atoms with Crippen LogP contribution in [0.15, 0.2) is 0 Å². The van der Waals surface area contributed by atoms with Gasteiger partial charge in [-0.1, -0.05) is 0 Å². The van der Waals surface area contributed by atoms with Gasteiger partial charge in [-0.3, -0.25) is 0 Å². The van der Waals surface area contributed by atoms with Gasteiger partial charge in [0.15, 0.2) is 0 Å². The van der Waals surface area contributed by atoms with E-state index in [1.54, 1.807) is 0 Å². The molecule has 0 amide bonds. The molecule has 0 aliphatic heterocycles. The summed E-state index contributed by atoms with van der Waals surface area (Å²) in [4.78, 5) is 0. The maximum atomic E-state index is 0. The fraction of sp³-hybridized carbons (Fsp3) is 0. The predicted molar refractivity (Wildman–Crippen MR) is 66.4 cm³/mol. The largest absolute Gasteiger partial charge is 0.412 e. The van der Waals surface area contributed by atoms with Gasteiger partial charge < -0.3 is 65.7 Å². The van der Waals surface area contributed by atoms with Gasteiger partial charge in [0.2, 0.25) is 0 Å². The smallest absolute Gasteiger partial charge is 0 e. The monoisotopic (exact) mass is 484 g/mol. The summed E-state index contributed by atoms with van der Waals surface area (Å²) in [5.41, 5.74) is 0. The van der Waals surface area contributed by atoms with Gasteiger partial charge in [-0.05, 0) is 0 Å². The van der Waals surface area contributed by atoms with E-state index in [2.05, 4.69) is 0 Å². The summed E-state index contributed by atoms with van der Waals surface area (Å²) in [5, 5.41) is 0. The molecule has 4 radical (unpaired) electrons. The van der Waals surface area contributed by atoms with Crippen LogP contribution in [-0.2, 0) is 109 Å². The van der Waals surface area contributed by atoms with E-state index in [1.165, 1.54) is 0 Å². The van der Waals surface area contributed by atoms with Crippen molar-refractivity contribution in [3.05, 3.63) is 0 Å². The molecule has 0 saturated carbocycles. The molecule has 0 heterocycles. The second kappa shape index (κ2) is 508. The summed E-state index contributed by atoms with van der Waals surface area (Å²) in [7, 11) is 0. The molecule has 0 unspecified atom stereocenters. The summed E-state index contributed by atoms with van der Waals surface area (Å²) in [6, 6.07) is 0. The van der Waals surface area contributed by atoms with Gasteiger partial charge in [-0.15, -0.1) is 0 Å². The summed E-state index contributed by atoms with van der Waals surface area (Å²) in [6.45, 7) is 0. The molecule has 120 valence electrons. The third-order valence-electron chi connectivity index (χ3n) is 0. The maximum Gasteiger partial charge on any atom is 0 e. The second-order valence-electron chi connectivity index (χ2n) is 0. The van der Waals surface area contributed by atoms with Gasteiger partial charge >= 0.3 is 0 Å². The van der Waals surface area contributed by atoms with Crippen molar-refractivity contribution in [1.29, 1.82) is 0 Å². The Balaban J connectivity index is 0. The van der Waals surface area contributed by atoms with Crippen LogP contribution in [0.4, 0.5) is 0 Å². The summed E-state index contributed by atoms with van der Waals surface area (Å²) < 4.78 is 0. The summed E-state index contributed by atoms with van der Waals surface area (Å²) >= 11 is 0. The van der Waals surface area contributed by atoms with Gasteiger partial charge in [-0.2, -0.15) is 0 Å². The molecule has 0 aliphatic carbocycles. The number of hydrogen-bond donors (Lipinski definition) is 0. The minimum absolute atomic E-state index is 0. The van der Waals surface area contributed by atoms with Crippen LogP contribution in [0.25, 0.3) is 0 Å². The first-order valence-corrected chi connectivity index (χ1v) is 0. The average molecular weight is 483 g/mol. The van der Waals surface area contributed by atoms with Crippen molar-refractivity contribution in [3.63, 3.8) is 0 Å². The molecule has 0 bridgehead atoms. The van der Waals surface area contributed by atoms with Gasteiger partial charge in [0.1, 0.15) is 0 Å². The molecule has 21 heavy (non-hydrogen) atoms. The fourth-order valence-corrected chi connectivity index (χ4v) is 0. The average Bonchev–Trinajstić information content (AvgIpc) is 0. The van der Waals surface area contributed by atoms with Crippen molar-refractivity contribution in [3.8, 4) is 0 Å². The standard InChI is InChI=1S/4Li.12H2O.5Ti/h;;;;12*1H2;;;;;. The molecular weight excluding hydrogens is 459 g/mol. The van der Waals surface area contributed by atoms with Crippen LogP contribution in [0, 0.1) is 0 Å². The molecular formula is H24Li4O12Ti5. The molecule has 0 aromatic heterocycles. The van der Waals surface area contributed by atoms with Crippen molar-refractivity contribution < 1.29 is 174 Å². The van der Waals surface area contributed by atoms with Gasteiger partial charge in [0.05, 0.1) is 0 Å². The SMILES string of the molecule is O.O.O.O.O.O.O.O.O.O.O.O.[Li].[Li].[Li].[Li].[Ti].[Ti].[Ti].[Ti].[Ti]. The maximum absolute atomic E-state index is 0. The minimum Gasteiger partial charge on any atom is -0.412 e. The Morgan fingerprint density at radius 3 is 0.143 bits per heavy atom. The Hall–Kier alpha value is 5.48. The van der Waals surface area contributed by atoms with E-state index in [4.69, 9.17) is 0 Å². The van der Waals surface area contributed by atoms with Gasteiger partial charge in [0.25, 0.3) is 0 Å². The Morgan fingerprint density at radius 1 is 0.143 bits per heavy atom. The quantitative estimate of drug-likeness (QED) is 0.290. The first-order chi connectivity index (χ1) is 0. The zero-order valence-corrected chi connectivity index (χ0v) is 20.3. The summed E-state index contributed by atoms with van der Waals surface area (Å²) in [5.74, 6) is 0. The van der Waals surface area contributed by atoms with Gasteiger partial charge in [0, 0.05) is 184 Å². The van der Waals surface area contributed by atoms with E-state index in [9.17, 15) is 0 Å². The molecule has 0 aromatic carbocycles. The predicted octanol–water partition coefficient (Wildman–Crippen LogP) is -11.4. The van der Waals surface area contributed by atoms with Crippen LogP contribution in [0.2, 0.25) is 0 Å². The molecule has 0 spiro atoms. The van der Waals surface area contributed by atoms with E-state index in [0.717, 1.165) is 0 Å². The van der Waals surface area contributed by atoms with Gasteiger partial charge in [-0.25, -0.2) is 0 Å². The van der Waals surface area contributed by atoms with Crippen molar-refractivity contribution in [1.82, 2.24) is 0 Å². The summed E-state index contributed by atoms with van der Waals surface area (Å²) in [6.07, 6.45) is 0. The zero-order valence-electron chi connectivity index (χ0n) is 12.5. The van der Waals surface area contributed by atoms with Crippen LogP contribution < -0.4 is 0 Å². The Labute approximate surface area is 245 Å². The normalized spacial score (nSPS) is 0. The first kappa shape index (κ1) is 572. The molecule has 0 aliphatic rings. The molecule has 0 atom stereocenters. The van der Waals surface area contributed by atoms with Crippen LogP contribution >= 0.6 is 0 Å². The zero-order chi connectivity index (χ0) is 0. The van der Waals surface area contributed by atoms with Crippen molar-refractivity contribution in [2.45, 2.75) is 0 Å². The number of hydrogen-bond acceptors (Lipinski definition) is 0. The first-order valence-electron chi connectivity index (χ1n) is 0. The minimum atomic E-state index is 0. The molecule has 0 saturated heterocycles. The van der Waals surface area contributed by atoms with E-state index in [-0.39, 0.29) is 250 Å². The molecule has 0 fully saturated rings. The third-order valence-corrected chi connectivity index (χ3v) is 0. The molecule has 24 N–H and O–H groups in total. The van der Waals surface area contributed by atoms with Crippen LogP contribution in [0.1, 0.15) is 0 Å². The van der Waals surface area contributed by atoms with Crippen LogP contribution in [0.3, 0.4) is 0 Å². The van der Waals surface area contributed by atoms with E-state index in [0.29, 0.717) is 0 Å². The second-order valence-corrected chi connectivity index (χ2v) is 0. The van der Waals surface area contributed by atoms with Crippen LogP contribution in [-0.4, -0.2) is 141 Å². The van der Waals surface area contributed by atoms with Crippen molar-refractivity contribution in [2.24, 2.45) is 0 Å². The van der Waals surface area contributed by atoms with E-state index in [1.807, 2.05) is 0 Å². The Bertz CT molecular complexity index is 29.6. The molecule has 21 heteroatoms. The molecule has 12 nitrogen and oxygen atoms in total. The topological polar surface area (TPSA) is 378 Å². The van der Waals surface area contributed by atoms with Crippen molar-refractivity contribution >= 4 is 75.4 Å².